The average molecular weight is 325 g/mol. The fraction of sp³-hybridized carbons (Fsp3) is 0.562. The molecule has 0 aliphatic carbocycles. The molecular weight excluding hydrogens is 302 g/mol. The minimum Gasteiger partial charge on any atom is -0.484 e. The summed E-state index contributed by atoms with van der Waals surface area (Å²) >= 11 is 0. The highest BCUT2D eigenvalue weighted by Gasteiger charge is 2.41. The molecule has 1 aliphatic heterocycles. The van der Waals surface area contributed by atoms with Gasteiger partial charge in [0.1, 0.15) is 5.75 Å². The molecule has 1 aliphatic rings. The van der Waals surface area contributed by atoms with Crippen LogP contribution in [0.2, 0.25) is 0 Å². The molecule has 122 valence electrons. The second-order valence-corrected chi connectivity index (χ2v) is 9.13. The Labute approximate surface area is 132 Å². The number of rotatable bonds is 4. The summed E-state index contributed by atoms with van der Waals surface area (Å²) in [6.45, 7) is 5.28. The molecule has 1 amide bonds. The van der Waals surface area contributed by atoms with Crippen molar-refractivity contribution >= 4 is 15.7 Å². The van der Waals surface area contributed by atoms with Crippen molar-refractivity contribution in [3.8, 4) is 5.75 Å². The van der Waals surface area contributed by atoms with Gasteiger partial charge in [0.2, 0.25) is 0 Å². The van der Waals surface area contributed by atoms with Gasteiger partial charge in [-0.1, -0.05) is 18.2 Å². The van der Waals surface area contributed by atoms with Gasteiger partial charge in [-0.15, -0.1) is 0 Å². The van der Waals surface area contributed by atoms with E-state index in [1.807, 2.05) is 31.2 Å². The third-order valence-electron chi connectivity index (χ3n) is 4.13. The minimum absolute atomic E-state index is 0.0610. The third kappa shape index (κ3) is 3.80. The van der Waals surface area contributed by atoms with Crippen molar-refractivity contribution in [2.45, 2.75) is 44.4 Å². The molecule has 1 aromatic rings. The highest BCUT2D eigenvalue weighted by Crippen LogP contribution is 2.30. The molecule has 5 nitrogen and oxygen atoms in total. The lowest BCUT2D eigenvalue weighted by molar-refractivity contribution is -0.123. The van der Waals surface area contributed by atoms with Crippen LogP contribution >= 0.6 is 0 Å². The van der Waals surface area contributed by atoms with Gasteiger partial charge in [-0.3, -0.25) is 4.79 Å². The van der Waals surface area contributed by atoms with E-state index < -0.39 is 14.6 Å². The predicted octanol–water partition coefficient (Wildman–Crippen LogP) is 1.85. The molecule has 0 saturated carbocycles. The Hall–Kier alpha value is -1.56. The lowest BCUT2D eigenvalue weighted by Gasteiger charge is -2.35. The summed E-state index contributed by atoms with van der Waals surface area (Å²) < 4.78 is 28.6. The standard InChI is InChI=1S/C16H23NO4S/c1-12-6-4-5-7-14(12)21-11-15(18)17-13-8-9-22(19,20)16(2,3)10-13/h4-7,13H,8-11H2,1-3H3,(H,17,18). The molecule has 1 saturated heterocycles. The van der Waals surface area contributed by atoms with E-state index in [0.717, 1.165) is 5.56 Å². The number of hydrogen-bond acceptors (Lipinski definition) is 4. The predicted molar refractivity (Wildman–Crippen MR) is 85.7 cm³/mol. The largest absolute Gasteiger partial charge is 0.484 e. The molecule has 1 aromatic carbocycles. The van der Waals surface area contributed by atoms with Crippen molar-refractivity contribution in [3.63, 3.8) is 0 Å². The smallest absolute Gasteiger partial charge is 0.258 e. The quantitative estimate of drug-likeness (QED) is 0.917. The maximum absolute atomic E-state index is 12.0. The van der Waals surface area contributed by atoms with Crippen molar-refractivity contribution in [1.82, 2.24) is 5.32 Å². The maximum Gasteiger partial charge on any atom is 0.258 e. The first-order chi connectivity index (χ1) is 10.2. The summed E-state index contributed by atoms with van der Waals surface area (Å²) in [5, 5.41) is 2.87. The zero-order chi connectivity index (χ0) is 16.4. The molecule has 2 rings (SSSR count). The summed E-state index contributed by atoms with van der Waals surface area (Å²) in [6, 6.07) is 7.38. The first-order valence-corrected chi connectivity index (χ1v) is 9.06. The van der Waals surface area contributed by atoms with Crippen LogP contribution in [0.4, 0.5) is 0 Å². The molecular formula is C16H23NO4S. The Morgan fingerprint density at radius 3 is 2.68 bits per heavy atom. The third-order valence-corrected chi connectivity index (χ3v) is 6.76. The van der Waals surface area contributed by atoms with E-state index in [2.05, 4.69) is 5.32 Å². The van der Waals surface area contributed by atoms with Crippen LogP contribution in [0, 0.1) is 6.92 Å². The van der Waals surface area contributed by atoms with Gasteiger partial charge < -0.3 is 10.1 Å². The SMILES string of the molecule is Cc1ccccc1OCC(=O)NC1CCS(=O)(=O)C(C)(C)C1. The normalized spacial score (nSPS) is 22.8. The topological polar surface area (TPSA) is 72.5 Å². The van der Waals surface area contributed by atoms with Crippen LogP contribution in [-0.4, -0.2) is 37.5 Å². The first-order valence-electron chi connectivity index (χ1n) is 7.41. The van der Waals surface area contributed by atoms with Crippen molar-refractivity contribution in [2.75, 3.05) is 12.4 Å². The van der Waals surface area contributed by atoms with Crippen LogP contribution in [-0.2, 0) is 14.6 Å². The van der Waals surface area contributed by atoms with E-state index in [4.69, 9.17) is 4.74 Å². The molecule has 0 radical (unpaired) electrons. The van der Waals surface area contributed by atoms with E-state index in [-0.39, 0.29) is 24.3 Å². The zero-order valence-electron chi connectivity index (χ0n) is 13.3. The van der Waals surface area contributed by atoms with E-state index in [1.54, 1.807) is 13.8 Å². The van der Waals surface area contributed by atoms with Gasteiger partial charge in [0.25, 0.3) is 5.91 Å². The van der Waals surface area contributed by atoms with E-state index in [0.29, 0.717) is 18.6 Å². The zero-order valence-corrected chi connectivity index (χ0v) is 14.1. The van der Waals surface area contributed by atoms with Crippen molar-refractivity contribution in [1.29, 1.82) is 0 Å². The van der Waals surface area contributed by atoms with Crippen LogP contribution in [0.3, 0.4) is 0 Å². The monoisotopic (exact) mass is 325 g/mol. The molecule has 1 N–H and O–H groups in total. The number of nitrogens with one attached hydrogen (secondary N) is 1. The summed E-state index contributed by atoms with van der Waals surface area (Å²) in [7, 11) is -3.07. The number of hydrogen-bond donors (Lipinski definition) is 1. The van der Waals surface area contributed by atoms with Crippen LogP contribution < -0.4 is 10.1 Å². The highest BCUT2D eigenvalue weighted by atomic mass is 32.2. The fourth-order valence-corrected chi connectivity index (χ4v) is 4.25. The second-order valence-electron chi connectivity index (χ2n) is 6.39. The van der Waals surface area contributed by atoms with Crippen molar-refractivity contribution < 1.29 is 17.9 Å². The Morgan fingerprint density at radius 1 is 1.36 bits per heavy atom. The molecule has 1 fully saturated rings. The maximum atomic E-state index is 12.0. The van der Waals surface area contributed by atoms with Gasteiger partial charge in [0.15, 0.2) is 16.4 Å². The number of sulfone groups is 1. The molecule has 6 heteroatoms. The van der Waals surface area contributed by atoms with Gasteiger partial charge in [0, 0.05) is 6.04 Å². The summed E-state index contributed by atoms with van der Waals surface area (Å²) in [5.74, 6) is 0.580. The average Bonchev–Trinajstić information content (AvgIpc) is 2.42. The lowest BCUT2D eigenvalue weighted by Crippen LogP contribution is -2.50. The van der Waals surface area contributed by atoms with Crippen LogP contribution in [0.1, 0.15) is 32.3 Å². The second kappa shape index (κ2) is 6.28. The van der Waals surface area contributed by atoms with Gasteiger partial charge in [-0.2, -0.15) is 0 Å². The Morgan fingerprint density at radius 2 is 2.05 bits per heavy atom. The number of carbonyl (C=O) groups excluding carboxylic acids is 1. The Balaban J connectivity index is 1.87. The van der Waals surface area contributed by atoms with Crippen molar-refractivity contribution in [3.05, 3.63) is 29.8 Å². The van der Waals surface area contributed by atoms with Gasteiger partial charge >= 0.3 is 0 Å². The molecule has 22 heavy (non-hydrogen) atoms. The number of benzene rings is 1. The highest BCUT2D eigenvalue weighted by molar-refractivity contribution is 7.92. The molecule has 1 unspecified atom stereocenters. The van der Waals surface area contributed by atoms with E-state index in [1.165, 1.54) is 0 Å². The number of para-hydroxylation sites is 1. The lowest BCUT2D eigenvalue weighted by atomic mass is 10.00. The van der Waals surface area contributed by atoms with Crippen molar-refractivity contribution in [2.24, 2.45) is 0 Å². The van der Waals surface area contributed by atoms with E-state index >= 15 is 0 Å². The van der Waals surface area contributed by atoms with Crippen LogP contribution in [0.5, 0.6) is 5.75 Å². The molecule has 0 bridgehead atoms. The number of amides is 1. The molecule has 1 heterocycles. The Kier molecular flexibility index (Phi) is 4.80. The molecule has 0 aromatic heterocycles. The number of aryl methyl sites for hydroxylation is 1. The molecule has 1 atom stereocenters. The van der Waals surface area contributed by atoms with E-state index in [9.17, 15) is 13.2 Å². The summed E-state index contributed by atoms with van der Waals surface area (Å²) in [5.41, 5.74) is 0.972. The Bertz CT molecular complexity index is 652. The summed E-state index contributed by atoms with van der Waals surface area (Å²) in [4.78, 5) is 12.0. The summed E-state index contributed by atoms with van der Waals surface area (Å²) in [6.07, 6.45) is 0.896. The first kappa shape index (κ1) is 16.8. The fourth-order valence-electron chi connectivity index (χ4n) is 2.65. The van der Waals surface area contributed by atoms with Gasteiger partial charge in [0.05, 0.1) is 10.5 Å². The minimum atomic E-state index is -3.07. The van der Waals surface area contributed by atoms with Gasteiger partial charge in [-0.05, 0) is 45.2 Å². The molecule has 0 spiro atoms. The number of carbonyl (C=O) groups is 1. The number of ether oxygens (including phenoxy) is 1. The van der Waals surface area contributed by atoms with Crippen LogP contribution in [0.25, 0.3) is 0 Å². The van der Waals surface area contributed by atoms with Gasteiger partial charge in [-0.25, -0.2) is 8.42 Å². The van der Waals surface area contributed by atoms with Crippen LogP contribution in [0.15, 0.2) is 24.3 Å².